The minimum atomic E-state index is -4.65. The summed E-state index contributed by atoms with van der Waals surface area (Å²) >= 11 is 5.89. The zero-order valence-corrected chi connectivity index (χ0v) is 16.4. The van der Waals surface area contributed by atoms with Crippen molar-refractivity contribution in [3.63, 3.8) is 0 Å². The molecule has 1 amide bonds. The molecule has 0 aliphatic carbocycles. The van der Waals surface area contributed by atoms with Crippen LogP contribution in [0.25, 0.3) is 0 Å². The van der Waals surface area contributed by atoms with Gasteiger partial charge in [0.1, 0.15) is 11.6 Å². The van der Waals surface area contributed by atoms with Crippen LogP contribution in [0.5, 0.6) is 0 Å². The number of alkyl halides is 3. The standard InChI is InChI=1S/C19H16ClF4N5O/c1-10-7-16(25-8-13(10)21)29-15-5-6-28(9-14(15)26-27-29)18(30)11-3-2-4-12(17(11)20)19(22,23)24/h2-4,7-8,26-27H,5-6,9H2,1H3. The van der Waals surface area contributed by atoms with E-state index in [1.807, 2.05) is 0 Å². The summed E-state index contributed by atoms with van der Waals surface area (Å²) in [5, 5.41) is 1.04. The Labute approximate surface area is 174 Å². The maximum Gasteiger partial charge on any atom is 0.417 e. The summed E-state index contributed by atoms with van der Waals surface area (Å²) in [7, 11) is 0. The summed E-state index contributed by atoms with van der Waals surface area (Å²) in [4.78, 5) is 18.3. The highest BCUT2D eigenvalue weighted by molar-refractivity contribution is 6.34. The van der Waals surface area contributed by atoms with Crippen molar-refractivity contribution in [2.24, 2.45) is 0 Å². The van der Waals surface area contributed by atoms with Crippen LogP contribution >= 0.6 is 11.6 Å². The van der Waals surface area contributed by atoms with E-state index in [4.69, 9.17) is 11.6 Å². The van der Waals surface area contributed by atoms with Crippen LogP contribution in [0.3, 0.4) is 0 Å². The second-order valence-electron chi connectivity index (χ2n) is 6.93. The van der Waals surface area contributed by atoms with E-state index in [1.165, 1.54) is 11.0 Å². The molecule has 0 fully saturated rings. The van der Waals surface area contributed by atoms with E-state index in [0.717, 1.165) is 24.0 Å². The molecule has 1 aromatic heterocycles. The van der Waals surface area contributed by atoms with E-state index in [2.05, 4.69) is 15.9 Å². The molecule has 2 aromatic rings. The van der Waals surface area contributed by atoms with E-state index in [0.29, 0.717) is 23.5 Å². The molecular formula is C19H16ClF4N5O. The molecule has 2 aliphatic heterocycles. The molecule has 4 rings (SSSR count). The van der Waals surface area contributed by atoms with Crippen LogP contribution in [-0.4, -0.2) is 28.9 Å². The largest absolute Gasteiger partial charge is 0.417 e. The Morgan fingerprint density at radius 2 is 2.07 bits per heavy atom. The monoisotopic (exact) mass is 441 g/mol. The second-order valence-corrected chi connectivity index (χ2v) is 7.31. The smallest absolute Gasteiger partial charge is 0.332 e. The Bertz CT molecular complexity index is 1060. The van der Waals surface area contributed by atoms with Crippen molar-refractivity contribution >= 4 is 23.3 Å². The molecule has 0 atom stereocenters. The Balaban J connectivity index is 1.57. The summed E-state index contributed by atoms with van der Waals surface area (Å²) in [6, 6.07) is 4.87. The lowest BCUT2D eigenvalue weighted by Crippen LogP contribution is -2.39. The van der Waals surface area contributed by atoms with Gasteiger partial charge in [0.05, 0.1) is 40.3 Å². The molecule has 0 bridgehead atoms. The lowest BCUT2D eigenvalue weighted by atomic mass is 10.1. The Hall–Kier alpha value is -2.85. The third-order valence-electron chi connectivity index (χ3n) is 4.99. The highest BCUT2D eigenvalue weighted by Crippen LogP contribution is 2.37. The number of carbonyl (C=O) groups excluding carboxylic acids is 1. The predicted molar refractivity (Wildman–Crippen MR) is 102 cm³/mol. The minimum Gasteiger partial charge on any atom is -0.332 e. The molecule has 30 heavy (non-hydrogen) atoms. The lowest BCUT2D eigenvalue weighted by molar-refractivity contribution is -0.137. The van der Waals surface area contributed by atoms with Crippen LogP contribution in [0, 0.1) is 12.7 Å². The van der Waals surface area contributed by atoms with Crippen molar-refractivity contribution in [2.45, 2.75) is 19.5 Å². The number of anilines is 1. The van der Waals surface area contributed by atoms with Gasteiger partial charge in [-0.2, -0.15) is 13.2 Å². The van der Waals surface area contributed by atoms with E-state index < -0.39 is 28.5 Å². The summed E-state index contributed by atoms with van der Waals surface area (Å²) in [5.41, 5.74) is 6.52. The zero-order chi connectivity index (χ0) is 21.6. The number of amides is 1. The van der Waals surface area contributed by atoms with Gasteiger partial charge in [-0.25, -0.2) is 14.4 Å². The predicted octanol–water partition coefficient (Wildman–Crippen LogP) is 3.79. The molecule has 0 radical (unpaired) electrons. The number of benzene rings is 1. The van der Waals surface area contributed by atoms with Crippen LogP contribution in [0.1, 0.15) is 27.9 Å². The summed E-state index contributed by atoms with van der Waals surface area (Å²) < 4.78 is 52.8. The quantitative estimate of drug-likeness (QED) is 0.694. The fourth-order valence-corrected chi connectivity index (χ4v) is 3.72. The average molecular weight is 442 g/mol. The number of rotatable bonds is 2. The summed E-state index contributed by atoms with van der Waals surface area (Å²) in [6.45, 7) is 2.04. The molecule has 1 aromatic carbocycles. The number of pyridine rings is 1. The summed E-state index contributed by atoms with van der Waals surface area (Å²) in [5.74, 6) is -0.528. The molecular weight excluding hydrogens is 426 g/mol. The SMILES string of the molecule is Cc1cc(N2NNC3=C2CCN(C(=O)c2cccc(C(F)(F)F)c2Cl)C3)ncc1F. The molecule has 0 saturated heterocycles. The van der Waals surface area contributed by atoms with Gasteiger partial charge < -0.3 is 10.3 Å². The van der Waals surface area contributed by atoms with Crippen molar-refractivity contribution in [1.29, 1.82) is 0 Å². The number of hydrazine groups is 2. The van der Waals surface area contributed by atoms with Crippen molar-refractivity contribution in [3.8, 4) is 0 Å². The number of aryl methyl sites for hydroxylation is 1. The van der Waals surface area contributed by atoms with Gasteiger partial charge in [-0.05, 0) is 30.7 Å². The first kappa shape index (κ1) is 20.4. The molecule has 0 spiro atoms. The van der Waals surface area contributed by atoms with E-state index in [9.17, 15) is 22.4 Å². The molecule has 3 heterocycles. The van der Waals surface area contributed by atoms with E-state index >= 15 is 0 Å². The number of aromatic nitrogens is 1. The van der Waals surface area contributed by atoms with Crippen LogP contribution in [-0.2, 0) is 6.18 Å². The fourth-order valence-electron chi connectivity index (χ4n) is 3.40. The van der Waals surface area contributed by atoms with E-state index in [1.54, 1.807) is 18.0 Å². The van der Waals surface area contributed by atoms with Crippen LogP contribution in [0.15, 0.2) is 41.9 Å². The van der Waals surface area contributed by atoms with Gasteiger partial charge in [0.25, 0.3) is 5.91 Å². The first-order valence-electron chi connectivity index (χ1n) is 8.97. The highest BCUT2D eigenvalue weighted by atomic mass is 35.5. The average Bonchev–Trinajstić information content (AvgIpc) is 3.12. The van der Waals surface area contributed by atoms with Crippen LogP contribution in [0.4, 0.5) is 23.4 Å². The molecule has 0 saturated carbocycles. The second kappa shape index (κ2) is 7.44. The Kier molecular flexibility index (Phi) is 5.07. The first-order valence-corrected chi connectivity index (χ1v) is 9.35. The zero-order valence-electron chi connectivity index (χ0n) is 15.6. The van der Waals surface area contributed by atoms with Crippen molar-refractivity contribution < 1.29 is 22.4 Å². The van der Waals surface area contributed by atoms with Gasteiger partial charge in [0, 0.05) is 13.0 Å². The fraction of sp³-hybridized carbons (Fsp3) is 0.263. The van der Waals surface area contributed by atoms with Crippen molar-refractivity contribution in [1.82, 2.24) is 20.8 Å². The lowest BCUT2D eigenvalue weighted by Gasteiger charge is -2.29. The molecule has 11 heteroatoms. The maximum atomic E-state index is 13.5. The van der Waals surface area contributed by atoms with Gasteiger partial charge in [0.15, 0.2) is 0 Å². The molecule has 6 nitrogen and oxygen atoms in total. The van der Waals surface area contributed by atoms with Crippen LogP contribution in [0.2, 0.25) is 5.02 Å². The van der Waals surface area contributed by atoms with Crippen molar-refractivity contribution in [3.05, 3.63) is 69.4 Å². The van der Waals surface area contributed by atoms with Gasteiger partial charge in [-0.15, -0.1) is 5.53 Å². The summed E-state index contributed by atoms with van der Waals surface area (Å²) in [6.07, 6.45) is -3.11. The highest BCUT2D eigenvalue weighted by Gasteiger charge is 2.36. The van der Waals surface area contributed by atoms with Crippen LogP contribution < -0.4 is 16.0 Å². The Morgan fingerprint density at radius 1 is 1.30 bits per heavy atom. The number of halogens is 5. The number of hydrogen-bond acceptors (Lipinski definition) is 5. The number of hydrogen-bond donors (Lipinski definition) is 2. The minimum absolute atomic E-state index is 0.143. The van der Waals surface area contributed by atoms with Gasteiger partial charge >= 0.3 is 6.18 Å². The first-order chi connectivity index (χ1) is 14.2. The van der Waals surface area contributed by atoms with E-state index in [-0.39, 0.29) is 18.7 Å². The number of nitrogens with one attached hydrogen (secondary N) is 2. The van der Waals surface area contributed by atoms with Gasteiger partial charge in [0.2, 0.25) is 0 Å². The number of nitrogens with zero attached hydrogens (tertiary/aromatic N) is 3. The third kappa shape index (κ3) is 3.56. The third-order valence-corrected chi connectivity index (χ3v) is 5.39. The molecule has 158 valence electrons. The molecule has 2 N–H and O–H groups in total. The van der Waals surface area contributed by atoms with Gasteiger partial charge in [-0.1, -0.05) is 17.7 Å². The topological polar surface area (TPSA) is 60.5 Å². The molecule has 2 aliphatic rings. The van der Waals surface area contributed by atoms with Crippen molar-refractivity contribution in [2.75, 3.05) is 18.1 Å². The Morgan fingerprint density at radius 3 is 2.77 bits per heavy atom. The normalized spacial score (nSPS) is 16.6. The maximum absolute atomic E-state index is 13.5. The van der Waals surface area contributed by atoms with Gasteiger partial charge in [-0.3, -0.25) is 4.79 Å². The molecule has 0 unspecified atom stereocenters. The number of carbonyl (C=O) groups is 1.